The quantitative estimate of drug-likeness (QED) is 0.553. The molecule has 23 heavy (non-hydrogen) atoms. The second kappa shape index (κ2) is 8.12. The normalized spacial score (nSPS) is 12.2. The Balaban J connectivity index is 2.23. The maximum atomic E-state index is 12.9. The number of nitrogens with one attached hydrogen (secondary N) is 1. The summed E-state index contributed by atoms with van der Waals surface area (Å²) in [6.45, 7) is 0.264. The van der Waals surface area contributed by atoms with Crippen LogP contribution in [0.5, 0.6) is 0 Å². The van der Waals surface area contributed by atoms with E-state index in [9.17, 15) is 13.4 Å². The number of halogens is 3. The molecule has 0 aliphatic carbocycles. The predicted octanol–water partition coefficient (Wildman–Crippen LogP) is 3.74. The van der Waals surface area contributed by atoms with Crippen molar-refractivity contribution in [1.29, 1.82) is 0 Å². The number of benzene rings is 2. The van der Waals surface area contributed by atoms with E-state index in [2.05, 4.69) is 20.7 Å². The van der Waals surface area contributed by atoms with Gasteiger partial charge in [0.05, 0.1) is 0 Å². The molecule has 0 saturated heterocycles. The number of hydrogen-bond donors (Lipinski definition) is 2. The SMILES string of the molecule is O=C(c1ccc(F)cc1)c1cc(Cl)c(CCNS(=O)O)cc1Br. The molecule has 2 N–H and O–H groups in total. The molecule has 0 fully saturated rings. The molecule has 0 saturated carbocycles. The minimum atomic E-state index is -2.08. The average molecular weight is 421 g/mol. The van der Waals surface area contributed by atoms with Gasteiger partial charge in [-0.3, -0.25) is 9.35 Å². The number of hydrogen-bond acceptors (Lipinski definition) is 2. The van der Waals surface area contributed by atoms with Gasteiger partial charge in [0.25, 0.3) is 0 Å². The molecule has 0 spiro atoms. The Labute approximate surface area is 148 Å². The monoisotopic (exact) mass is 419 g/mol. The maximum absolute atomic E-state index is 12.9. The lowest BCUT2D eigenvalue weighted by Crippen LogP contribution is -2.19. The lowest BCUT2D eigenvalue weighted by Gasteiger charge is -2.10. The molecular formula is C15H12BrClFNO3S. The summed E-state index contributed by atoms with van der Waals surface area (Å²) < 4.78 is 35.1. The van der Waals surface area contributed by atoms with Gasteiger partial charge in [-0.05, 0) is 48.4 Å². The molecule has 2 aromatic carbocycles. The topological polar surface area (TPSA) is 66.4 Å². The number of ketones is 1. The Morgan fingerprint density at radius 3 is 2.57 bits per heavy atom. The third-order valence-electron chi connectivity index (χ3n) is 3.11. The molecule has 0 heterocycles. The summed E-state index contributed by atoms with van der Waals surface area (Å²) in [5, 5.41) is 0.379. The molecule has 1 atom stereocenters. The van der Waals surface area contributed by atoms with Crippen molar-refractivity contribution in [1.82, 2.24) is 4.72 Å². The van der Waals surface area contributed by atoms with Crippen LogP contribution in [0.15, 0.2) is 40.9 Å². The van der Waals surface area contributed by atoms with Gasteiger partial charge in [-0.2, -0.15) is 0 Å². The highest BCUT2D eigenvalue weighted by Gasteiger charge is 2.15. The Morgan fingerprint density at radius 1 is 1.30 bits per heavy atom. The molecule has 0 bridgehead atoms. The molecule has 4 nitrogen and oxygen atoms in total. The zero-order valence-electron chi connectivity index (χ0n) is 11.7. The van der Waals surface area contributed by atoms with Crippen LogP contribution in [0.3, 0.4) is 0 Å². The van der Waals surface area contributed by atoms with Crippen LogP contribution in [0.25, 0.3) is 0 Å². The van der Waals surface area contributed by atoms with Gasteiger partial charge >= 0.3 is 0 Å². The van der Waals surface area contributed by atoms with E-state index < -0.39 is 17.1 Å². The smallest absolute Gasteiger partial charge is 0.231 e. The van der Waals surface area contributed by atoms with Crippen LogP contribution in [0.2, 0.25) is 5.02 Å². The summed E-state index contributed by atoms with van der Waals surface area (Å²) in [6.07, 6.45) is 0.425. The van der Waals surface area contributed by atoms with Gasteiger partial charge < -0.3 is 0 Å². The molecule has 122 valence electrons. The van der Waals surface area contributed by atoms with Gasteiger partial charge in [0.1, 0.15) is 5.82 Å². The Bertz CT molecular complexity index is 755. The van der Waals surface area contributed by atoms with Gasteiger partial charge in [0.2, 0.25) is 11.3 Å². The van der Waals surface area contributed by atoms with E-state index in [1.54, 1.807) is 6.07 Å². The Morgan fingerprint density at radius 2 is 1.96 bits per heavy atom. The van der Waals surface area contributed by atoms with Crippen LogP contribution < -0.4 is 4.72 Å². The summed E-state index contributed by atoms with van der Waals surface area (Å²) in [6, 6.07) is 8.48. The lowest BCUT2D eigenvalue weighted by molar-refractivity contribution is 0.103. The minimum Gasteiger partial charge on any atom is -0.294 e. The van der Waals surface area contributed by atoms with Crippen molar-refractivity contribution in [3.8, 4) is 0 Å². The zero-order chi connectivity index (χ0) is 17.0. The van der Waals surface area contributed by atoms with Crippen molar-refractivity contribution in [2.75, 3.05) is 6.54 Å². The first kappa shape index (κ1) is 18.2. The fourth-order valence-corrected chi connectivity index (χ4v) is 3.09. The summed E-state index contributed by atoms with van der Waals surface area (Å²) in [7, 11) is 0. The number of carbonyl (C=O) groups excluding carboxylic acids is 1. The van der Waals surface area contributed by atoms with Crippen LogP contribution in [-0.4, -0.2) is 21.1 Å². The standard InChI is InChI=1S/C15H12BrClFNO3S/c16-13-7-10(5-6-19-23(21)22)14(17)8-12(13)15(20)9-1-3-11(18)4-2-9/h1-4,7-8,19H,5-6H2,(H,21,22). The number of carbonyl (C=O) groups is 1. The van der Waals surface area contributed by atoms with Crippen molar-refractivity contribution in [2.45, 2.75) is 6.42 Å². The molecular weight excluding hydrogens is 409 g/mol. The van der Waals surface area contributed by atoms with Gasteiger partial charge in [0, 0.05) is 27.2 Å². The molecule has 0 amide bonds. The third kappa shape index (κ3) is 4.92. The van der Waals surface area contributed by atoms with Crippen LogP contribution in [0.1, 0.15) is 21.5 Å². The number of rotatable bonds is 6. The van der Waals surface area contributed by atoms with E-state index in [-0.39, 0.29) is 12.3 Å². The van der Waals surface area contributed by atoms with Crippen LogP contribution in [0.4, 0.5) is 4.39 Å². The molecule has 2 aromatic rings. The summed E-state index contributed by atoms with van der Waals surface area (Å²) in [5.74, 6) is -0.692. The van der Waals surface area contributed by atoms with Crippen LogP contribution in [0, 0.1) is 5.82 Å². The highest BCUT2D eigenvalue weighted by atomic mass is 79.9. The second-order valence-electron chi connectivity index (χ2n) is 4.65. The minimum absolute atomic E-state index is 0.264. The van der Waals surface area contributed by atoms with E-state index >= 15 is 0 Å². The van der Waals surface area contributed by atoms with Crippen molar-refractivity contribution in [3.05, 3.63) is 68.4 Å². The fourth-order valence-electron chi connectivity index (χ4n) is 1.98. The van der Waals surface area contributed by atoms with Crippen molar-refractivity contribution in [2.24, 2.45) is 0 Å². The van der Waals surface area contributed by atoms with E-state index in [0.717, 1.165) is 5.56 Å². The molecule has 2 rings (SSSR count). The van der Waals surface area contributed by atoms with Crippen molar-refractivity contribution in [3.63, 3.8) is 0 Å². The first-order valence-corrected chi connectivity index (χ1v) is 8.79. The Hall–Kier alpha value is -1.12. The summed E-state index contributed by atoms with van der Waals surface area (Å²) >= 11 is 7.43. The first-order chi connectivity index (χ1) is 10.9. The van der Waals surface area contributed by atoms with Crippen molar-refractivity contribution < 1.29 is 17.9 Å². The molecule has 0 aliphatic heterocycles. The summed E-state index contributed by atoms with van der Waals surface area (Å²) in [5.41, 5.74) is 1.45. The van der Waals surface area contributed by atoms with E-state index in [4.69, 9.17) is 16.2 Å². The highest BCUT2D eigenvalue weighted by Crippen LogP contribution is 2.28. The second-order valence-corrected chi connectivity index (χ2v) is 6.70. The van der Waals surface area contributed by atoms with Crippen molar-refractivity contribution >= 4 is 44.6 Å². The van der Waals surface area contributed by atoms with Gasteiger partial charge in [-0.25, -0.2) is 13.3 Å². The molecule has 1 unspecified atom stereocenters. The van der Waals surface area contributed by atoms with E-state index in [1.807, 2.05) is 0 Å². The van der Waals surface area contributed by atoms with Gasteiger partial charge in [-0.1, -0.05) is 27.5 Å². The Kier molecular flexibility index (Phi) is 6.43. The van der Waals surface area contributed by atoms with Gasteiger partial charge in [-0.15, -0.1) is 0 Å². The third-order valence-corrected chi connectivity index (χ3v) is 4.57. The molecule has 8 heteroatoms. The van der Waals surface area contributed by atoms with E-state index in [0.29, 0.717) is 27.0 Å². The molecule has 0 aromatic heterocycles. The van der Waals surface area contributed by atoms with Crippen LogP contribution in [-0.2, 0) is 17.7 Å². The lowest BCUT2D eigenvalue weighted by atomic mass is 10.0. The largest absolute Gasteiger partial charge is 0.294 e. The average Bonchev–Trinajstić information content (AvgIpc) is 2.50. The predicted molar refractivity (Wildman–Crippen MR) is 91.5 cm³/mol. The molecule has 0 aliphatic rings. The van der Waals surface area contributed by atoms with Crippen LogP contribution >= 0.6 is 27.5 Å². The fraction of sp³-hybridized carbons (Fsp3) is 0.133. The highest BCUT2D eigenvalue weighted by molar-refractivity contribution is 9.10. The van der Waals surface area contributed by atoms with Gasteiger partial charge in [0.15, 0.2) is 5.78 Å². The summed E-state index contributed by atoms with van der Waals surface area (Å²) in [4.78, 5) is 12.4. The zero-order valence-corrected chi connectivity index (χ0v) is 14.8. The molecule has 0 radical (unpaired) electrons. The maximum Gasteiger partial charge on any atom is 0.231 e. The van der Waals surface area contributed by atoms with E-state index in [1.165, 1.54) is 30.3 Å². The first-order valence-electron chi connectivity index (χ1n) is 6.51.